The summed E-state index contributed by atoms with van der Waals surface area (Å²) in [5.74, 6) is 0.267. The van der Waals surface area contributed by atoms with E-state index in [-0.39, 0.29) is 5.78 Å². The van der Waals surface area contributed by atoms with Crippen LogP contribution in [0.2, 0.25) is 5.02 Å². The van der Waals surface area contributed by atoms with Crippen LogP contribution in [0.5, 0.6) is 0 Å². The monoisotopic (exact) mass is 275 g/mol. The Balaban J connectivity index is 2.41. The molecule has 3 heteroatoms. The van der Waals surface area contributed by atoms with E-state index in [9.17, 15) is 4.79 Å². The molecule has 0 fully saturated rings. The van der Waals surface area contributed by atoms with Gasteiger partial charge in [-0.2, -0.15) is 0 Å². The van der Waals surface area contributed by atoms with Crippen LogP contribution in [0.15, 0.2) is 30.3 Å². The number of rotatable bonds is 4. The predicted molar refractivity (Wildman–Crippen MR) is 79.6 cm³/mol. The molecule has 2 aromatic rings. The number of halogens is 1. The Kier molecular flexibility index (Phi) is 4.11. The maximum atomic E-state index is 11.6. The number of nitrogens with zero attached hydrogens (tertiary/aromatic N) is 1. The van der Waals surface area contributed by atoms with E-state index in [2.05, 4.69) is 17.6 Å². The van der Waals surface area contributed by atoms with E-state index in [0.29, 0.717) is 12.8 Å². The average Bonchev–Trinajstić information content (AvgIpc) is 2.66. The summed E-state index contributed by atoms with van der Waals surface area (Å²) in [7, 11) is 2.01. The van der Waals surface area contributed by atoms with Crippen molar-refractivity contribution in [2.75, 3.05) is 0 Å². The Labute approximate surface area is 119 Å². The highest BCUT2D eigenvalue weighted by Crippen LogP contribution is 2.27. The highest BCUT2D eigenvalue weighted by molar-refractivity contribution is 6.30. The number of benzene rings is 1. The molecule has 0 saturated carbocycles. The van der Waals surface area contributed by atoms with Gasteiger partial charge in [0.15, 0.2) is 0 Å². The number of ketones is 1. The summed E-state index contributed by atoms with van der Waals surface area (Å²) in [6.07, 6.45) is 1.09. The van der Waals surface area contributed by atoms with Crippen LogP contribution in [-0.4, -0.2) is 10.4 Å². The lowest BCUT2D eigenvalue weighted by Gasteiger charge is -2.08. The molecule has 0 bridgehead atoms. The Morgan fingerprint density at radius 1 is 1.26 bits per heavy atom. The Morgan fingerprint density at radius 2 is 1.89 bits per heavy atom. The van der Waals surface area contributed by atoms with E-state index in [1.54, 1.807) is 0 Å². The Bertz CT molecular complexity index is 596. The number of Topliss-reactive ketones (excluding diaryl/α,β-unsaturated/α-hetero) is 1. The smallest absolute Gasteiger partial charge is 0.138 e. The minimum absolute atomic E-state index is 0.267. The Morgan fingerprint density at radius 3 is 2.47 bits per heavy atom. The lowest BCUT2D eigenvalue weighted by Crippen LogP contribution is -2.05. The number of aromatic nitrogens is 1. The van der Waals surface area contributed by atoms with Crippen LogP contribution in [0.4, 0.5) is 0 Å². The summed E-state index contributed by atoms with van der Waals surface area (Å²) < 4.78 is 2.10. The number of hydrogen-bond acceptors (Lipinski definition) is 1. The van der Waals surface area contributed by atoms with Crippen LogP contribution < -0.4 is 0 Å². The van der Waals surface area contributed by atoms with Crippen LogP contribution in [-0.2, 0) is 18.3 Å². The minimum atomic E-state index is 0.267. The summed E-state index contributed by atoms with van der Waals surface area (Å²) in [5, 5.41) is 0.733. The molecule has 0 aliphatic carbocycles. The third-order valence-electron chi connectivity index (χ3n) is 3.41. The summed E-state index contributed by atoms with van der Waals surface area (Å²) in [5.41, 5.74) is 4.52. The van der Waals surface area contributed by atoms with Crippen LogP contribution in [0.25, 0.3) is 11.3 Å². The topological polar surface area (TPSA) is 22.0 Å². The van der Waals surface area contributed by atoms with Gasteiger partial charge >= 0.3 is 0 Å². The van der Waals surface area contributed by atoms with Gasteiger partial charge in [0.25, 0.3) is 0 Å². The van der Waals surface area contributed by atoms with Gasteiger partial charge in [0.1, 0.15) is 5.78 Å². The van der Waals surface area contributed by atoms with E-state index in [1.165, 1.54) is 5.56 Å². The molecular weight excluding hydrogens is 258 g/mol. The normalized spacial score (nSPS) is 10.7. The van der Waals surface area contributed by atoms with E-state index in [1.807, 2.05) is 38.2 Å². The molecule has 0 aliphatic heterocycles. The first-order chi connectivity index (χ1) is 9.02. The molecule has 1 aromatic carbocycles. The second kappa shape index (κ2) is 5.62. The first kappa shape index (κ1) is 13.9. The van der Waals surface area contributed by atoms with E-state index in [0.717, 1.165) is 22.0 Å². The number of carbonyl (C=O) groups is 1. The van der Waals surface area contributed by atoms with Gasteiger partial charge in [0, 0.05) is 30.6 Å². The quantitative estimate of drug-likeness (QED) is 0.821. The number of carbonyl (C=O) groups excluding carboxylic acids is 1. The summed E-state index contributed by atoms with van der Waals surface area (Å²) in [6.45, 7) is 3.97. The van der Waals surface area contributed by atoms with E-state index < -0.39 is 0 Å². The predicted octanol–water partition coefficient (Wildman–Crippen LogP) is 4.18. The van der Waals surface area contributed by atoms with Gasteiger partial charge in [-0.3, -0.25) is 4.79 Å². The van der Waals surface area contributed by atoms with E-state index >= 15 is 0 Å². The molecule has 0 aliphatic rings. The largest absolute Gasteiger partial charge is 0.347 e. The van der Waals surface area contributed by atoms with Gasteiger partial charge in [-0.25, -0.2) is 0 Å². The summed E-state index contributed by atoms with van der Waals surface area (Å²) >= 11 is 5.92. The first-order valence-electron chi connectivity index (χ1n) is 6.45. The summed E-state index contributed by atoms with van der Waals surface area (Å²) in [6, 6.07) is 9.89. The lowest BCUT2D eigenvalue weighted by molar-refractivity contribution is -0.118. The molecular formula is C16H18ClNO. The second-order valence-electron chi connectivity index (χ2n) is 4.80. The molecule has 100 valence electrons. The highest BCUT2D eigenvalue weighted by Gasteiger charge is 2.13. The van der Waals surface area contributed by atoms with E-state index in [4.69, 9.17) is 11.6 Å². The minimum Gasteiger partial charge on any atom is -0.347 e. The fourth-order valence-electron chi connectivity index (χ4n) is 2.35. The molecule has 2 rings (SSSR count). The van der Waals surface area contributed by atoms with Gasteiger partial charge < -0.3 is 4.57 Å². The molecule has 0 atom stereocenters. The van der Waals surface area contributed by atoms with Gasteiger partial charge in [-0.15, -0.1) is 0 Å². The molecule has 2 nitrogen and oxygen atoms in total. The molecule has 0 spiro atoms. The maximum absolute atomic E-state index is 11.6. The van der Waals surface area contributed by atoms with Crippen molar-refractivity contribution >= 4 is 17.4 Å². The molecule has 0 N–H and O–H groups in total. The molecule has 0 saturated heterocycles. The zero-order valence-corrected chi connectivity index (χ0v) is 12.3. The van der Waals surface area contributed by atoms with Crippen molar-refractivity contribution in [2.24, 2.45) is 7.05 Å². The Hall–Kier alpha value is -1.54. The first-order valence-corrected chi connectivity index (χ1v) is 6.83. The highest BCUT2D eigenvalue weighted by atomic mass is 35.5. The number of hydrogen-bond donors (Lipinski definition) is 0. The van der Waals surface area contributed by atoms with Crippen LogP contribution in [0.1, 0.15) is 24.6 Å². The van der Waals surface area contributed by atoms with Crippen molar-refractivity contribution in [3.8, 4) is 11.3 Å². The van der Waals surface area contributed by atoms with Crippen molar-refractivity contribution in [1.29, 1.82) is 0 Å². The van der Waals surface area contributed by atoms with Gasteiger partial charge in [-0.05, 0) is 36.2 Å². The second-order valence-corrected chi connectivity index (χ2v) is 5.24. The average molecular weight is 276 g/mol. The van der Waals surface area contributed by atoms with Crippen LogP contribution >= 0.6 is 11.6 Å². The SMILES string of the molecule is CCC(=O)Cc1cc(C)c(-c2ccc(Cl)cc2)n1C. The zero-order chi connectivity index (χ0) is 14.0. The van der Waals surface area contributed by atoms with Gasteiger partial charge in [0.2, 0.25) is 0 Å². The molecule has 0 amide bonds. The third-order valence-corrected chi connectivity index (χ3v) is 3.67. The van der Waals surface area contributed by atoms with Crippen LogP contribution in [0.3, 0.4) is 0 Å². The van der Waals surface area contributed by atoms with Crippen molar-refractivity contribution in [3.05, 3.63) is 46.6 Å². The molecule has 1 aromatic heterocycles. The standard InChI is InChI=1S/C16H18ClNO/c1-4-15(19)10-14-9-11(2)16(18(14)3)12-5-7-13(17)8-6-12/h5-9H,4,10H2,1-3H3. The molecule has 19 heavy (non-hydrogen) atoms. The fraction of sp³-hybridized carbons (Fsp3) is 0.312. The molecule has 1 heterocycles. The van der Waals surface area contributed by atoms with Crippen molar-refractivity contribution in [2.45, 2.75) is 26.7 Å². The van der Waals surface area contributed by atoms with Gasteiger partial charge in [-0.1, -0.05) is 30.7 Å². The van der Waals surface area contributed by atoms with Crippen molar-refractivity contribution in [1.82, 2.24) is 4.57 Å². The van der Waals surface area contributed by atoms with Crippen molar-refractivity contribution < 1.29 is 4.79 Å². The van der Waals surface area contributed by atoms with Crippen molar-refractivity contribution in [3.63, 3.8) is 0 Å². The maximum Gasteiger partial charge on any atom is 0.138 e. The number of aryl methyl sites for hydroxylation is 1. The molecule has 0 unspecified atom stereocenters. The zero-order valence-electron chi connectivity index (χ0n) is 11.5. The summed E-state index contributed by atoms with van der Waals surface area (Å²) in [4.78, 5) is 11.6. The third kappa shape index (κ3) is 2.90. The fourth-order valence-corrected chi connectivity index (χ4v) is 2.47. The lowest BCUT2D eigenvalue weighted by atomic mass is 10.1. The van der Waals surface area contributed by atoms with Crippen LogP contribution in [0, 0.1) is 6.92 Å². The molecule has 0 radical (unpaired) electrons. The van der Waals surface area contributed by atoms with Gasteiger partial charge in [0.05, 0.1) is 5.69 Å².